The first-order valence-corrected chi connectivity index (χ1v) is 6.95. The molecule has 1 N–H and O–H groups in total. The molecular weight excluding hydrogens is 288 g/mol. The van der Waals surface area contributed by atoms with Crippen molar-refractivity contribution >= 4 is 11.6 Å². The van der Waals surface area contributed by atoms with Crippen molar-refractivity contribution in [3.63, 3.8) is 0 Å². The molecule has 2 atom stereocenters. The molecule has 0 amide bonds. The van der Waals surface area contributed by atoms with E-state index in [0.717, 1.165) is 19.3 Å². The Morgan fingerprint density at radius 3 is 2.85 bits per heavy atom. The summed E-state index contributed by atoms with van der Waals surface area (Å²) in [7, 11) is 1.71. The molecule has 6 heteroatoms. The molecule has 0 aliphatic heterocycles. The average molecular weight is 306 g/mol. The second kappa shape index (κ2) is 7.20. The Kier molecular flexibility index (Phi) is 5.57. The Hall–Kier alpha value is -0.910. The van der Waals surface area contributed by atoms with E-state index in [-0.39, 0.29) is 11.9 Å². The number of alkyl halides is 2. The lowest BCUT2D eigenvalue weighted by atomic mass is 10.1. The van der Waals surface area contributed by atoms with E-state index in [2.05, 4.69) is 10.1 Å². The van der Waals surface area contributed by atoms with Crippen molar-refractivity contribution in [1.29, 1.82) is 0 Å². The van der Waals surface area contributed by atoms with Crippen LogP contribution in [0.1, 0.15) is 24.8 Å². The zero-order chi connectivity index (χ0) is 14.5. The fourth-order valence-electron chi connectivity index (χ4n) is 2.49. The Morgan fingerprint density at radius 2 is 2.20 bits per heavy atom. The van der Waals surface area contributed by atoms with Crippen molar-refractivity contribution in [3.8, 4) is 5.75 Å². The van der Waals surface area contributed by atoms with E-state index in [9.17, 15) is 8.78 Å². The second-order valence-corrected chi connectivity index (χ2v) is 5.32. The standard InChI is InChI=1S/C14H18ClF2NO2/c1-19-12-4-3-11(7-12)18-8-9-6-10(15)2-5-13(9)20-14(16)17/h2,5-6,11-12,14,18H,3-4,7-8H2,1H3. The van der Waals surface area contributed by atoms with Crippen molar-refractivity contribution in [2.75, 3.05) is 7.11 Å². The molecule has 112 valence electrons. The number of ether oxygens (including phenoxy) is 2. The fraction of sp³-hybridized carbons (Fsp3) is 0.571. The van der Waals surface area contributed by atoms with Gasteiger partial charge in [0.15, 0.2) is 0 Å². The SMILES string of the molecule is COC1CCC(NCc2cc(Cl)ccc2OC(F)F)C1. The highest BCUT2D eigenvalue weighted by molar-refractivity contribution is 6.30. The van der Waals surface area contributed by atoms with Crippen LogP contribution >= 0.6 is 11.6 Å². The Balaban J connectivity index is 1.96. The molecule has 1 aliphatic rings. The third-order valence-corrected chi connectivity index (χ3v) is 3.77. The van der Waals surface area contributed by atoms with Gasteiger partial charge in [-0.3, -0.25) is 0 Å². The molecule has 0 aromatic heterocycles. The van der Waals surface area contributed by atoms with Gasteiger partial charge in [-0.1, -0.05) is 11.6 Å². The van der Waals surface area contributed by atoms with Crippen LogP contribution in [0.2, 0.25) is 5.02 Å². The molecule has 1 aliphatic carbocycles. The summed E-state index contributed by atoms with van der Waals surface area (Å²) in [4.78, 5) is 0. The Bertz CT molecular complexity index is 445. The third-order valence-electron chi connectivity index (χ3n) is 3.54. The van der Waals surface area contributed by atoms with Gasteiger partial charge in [-0.15, -0.1) is 0 Å². The summed E-state index contributed by atoms with van der Waals surface area (Å²) in [5, 5.41) is 3.84. The predicted molar refractivity (Wildman–Crippen MR) is 73.4 cm³/mol. The van der Waals surface area contributed by atoms with E-state index in [4.69, 9.17) is 16.3 Å². The zero-order valence-corrected chi connectivity index (χ0v) is 12.0. The molecule has 0 bridgehead atoms. The number of rotatable bonds is 6. The van der Waals surface area contributed by atoms with E-state index < -0.39 is 6.61 Å². The third kappa shape index (κ3) is 4.30. The van der Waals surface area contributed by atoms with E-state index >= 15 is 0 Å². The van der Waals surface area contributed by atoms with Crippen molar-refractivity contribution in [3.05, 3.63) is 28.8 Å². The molecule has 2 unspecified atom stereocenters. The average Bonchev–Trinajstić information content (AvgIpc) is 2.86. The van der Waals surface area contributed by atoms with Crippen molar-refractivity contribution < 1.29 is 18.3 Å². The molecule has 1 aromatic carbocycles. The Morgan fingerprint density at radius 1 is 1.40 bits per heavy atom. The summed E-state index contributed by atoms with van der Waals surface area (Å²) in [6, 6.07) is 4.99. The quantitative estimate of drug-likeness (QED) is 0.871. The molecule has 0 saturated heterocycles. The maximum absolute atomic E-state index is 12.3. The van der Waals surface area contributed by atoms with Crippen molar-refractivity contribution in [1.82, 2.24) is 5.32 Å². The number of halogens is 3. The molecule has 20 heavy (non-hydrogen) atoms. The molecular formula is C14H18ClF2NO2. The largest absolute Gasteiger partial charge is 0.434 e. The maximum atomic E-state index is 12.3. The van der Waals surface area contributed by atoms with Gasteiger partial charge in [0.25, 0.3) is 0 Å². The summed E-state index contributed by atoms with van der Waals surface area (Å²) in [5.41, 5.74) is 0.638. The summed E-state index contributed by atoms with van der Waals surface area (Å²) in [5.74, 6) is 0.165. The minimum atomic E-state index is -2.83. The van der Waals surface area contributed by atoms with Gasteiger partial charge in [0.05, 0.1) is 6.10 Å². The van der Waals surface area contributed by atoms with E-state index in [1.807, 2.05) is 0 Å². The first-order valence-electron chi connectivity index (χ1n) is 6.58. The van der Waals surface area contributed by atoms with Gasteiger partial charge >= 0.3 is 6.61 Å². The minimum absolute atomic E-state index is 0.165. The summed E-state index contributed by atoms with van der Waals surface area (Å²) in [6.45, 7) is -2.39. The van der Waals surface area contributed by atoms with Gasteiger partial charge in [0.2, 0.25) is 0 Å². The highest BCUT2D eigenvalue weighted by atomic mass is 35.5. The van der Waals surface area contributed by atoms with Crippen molar-refractivity contribution in [2.45, 2.75) is 44.6 Å². The van der Waals surface area contributed by atoms with Gasteiger partial charge in [-0.05, 0) is 37.5 Å². The van der Waals surface area contributed by atoms with Crippen LogP contribution in [0.15, 0.2) is 18.2 Å². The van der Waals surface area contributed by atoms with Gasteiger partial charge in [0.1, 0.15) is 5.75 Å². The second-order valence-electron chi connectivity index (χ2n) is 4.88. The van der Waals surface area contributed by atoms with Crippen LogP contribution in [-0.2, 0) is 11.3 Å². The fourth-order valence-corrected chi connectivity index (χ4v) is 2.69. The number of hydrogen-bond donors (Lipinski definition) is 1. The molecule has 2 rings (SSSR count). The Labute approximate surface area is 122 Å². The van der Waals surface area contributed by atoms with Gasteiger partial charge in [-0.2, -0.15) is 8.78 Å². The first-order chi connectivity index (χ1) is 9.58. The molecule has 3 nitrogen and oxygen atoms in total. The predicted octanol–water partition coefficient (Wildman–Crippen LogP) is 3.60. The molecule has 1 fully saturated rings. The minimum Gasteiger partial charge on any atom is -0.434 e. The normalized spacial score (nSPS) is 22.4. The van der Waals surface area contributed by atoms with Gasteiger partial charge in [-0.25, -0.2) is 0 Å². The van der Waals surface area contributed by atoms with Gasteiger partial charge in [0, 0.05) is 30.3 Å². The number of nitrogens with one attached hydrogen (secondary N) is 1. The van der Waals surface area contributed by atoms with Crippen LogP contribution in [0.3, 0.4) is 0 Å². The van der Waals surface area contributed by atoms with Crippen LogP contribution in [0.5, 0.6) is 5.75 Å². The van der Waals surface area contributed by atoms with Crippen LogP contribution in [0.4, 0.5) is 8.78 Å². The van der Waals surface area contributed by atoms with E-state index in [1.165, 1.54) is 6.07 Å². The number of hydrogen-bond acceptors (Lipinski definition) is 3. The zero-order valence-electron chi connectivity index (χ0n) is 11.2. The summed E-state index contributed by atoms with van der Waals surface area (Å²) < 4.78 is 34.5. The number of methoxy groups -OCH3 is 1. The monoisotopic (exact) mass is 305 g/mol. The van der Waals surface area contributed by atoms with Gasteiger partial charge < -0.3 is 14.8 Å². The maximum Gasteiger partial charge on any atom is 0.387 e. The number of benzene rings is 1. The highest BCUT2D eigenvalue weighted by Gasteiger charge is 2.24. The smallest absolute Gasteiger partial charge is 0.387 e. The first kappa shape index (κ1) is 15.5. The summed E-state index contributed by atoms with van der Waals surface area (Å²) >= 11 is 5.90. The lowest BCUT2D eigenvalue weighted by Crippen LogP contribution is -2.27. The molecule has 1 saturated carbocycles. The van der Waals surface area contributed by atoms with Crippen LogP contribution in [0.25, 0.3) is 0 Å². The van der Waals surface area contributed by atoms with E-state index in [0.29, 0.717) is 23.2 Å². The molecule has 0 heterocycles. The topological polar surface area (TPSA) is 30.5 Å². The van der Waals surface area contributed by atoms with E-state index in [1.54, 1.807) is 19.2 Å². The van der Waals surface area contributed by atoms with Crippen LogP contribution in [-0.4, -0.2) is 25.9 Å². The lowest BCUT2D eigenvalue weighted by Gasteiger charge is -2.15. The molecule has 1 aromatic rings. The highest BCUT2D eigenvalue weighted by Crippen LogP contribution is 2.26. The summed E-state index contributed by atoms with van der Waals surface area (Å²) in [6.07, 6.45) is 3.25. The molecule has 0 spiro atoms. The van der Waals surface area contributed by atoms with Crippen molar-refractivity contribution in [2.24, 2.45) is 0 Å². The van der Waals surface area contributed by atoms with Crippen LogP contribution in [0, 0.1) is 0 Å². The molecule has 0 radical (unpaired) electrons. The van der Waals surface area contributed by atoms with Crippen LogP contribution < -0.4 is 10.1 Å². The lowest BCUT2D eigenvalue weighted by molar-refractivity contribution is -0.0505.